The minimum absolute atomic E-state index is 0.0172. The number of aromatic nitrogens is 3. The smallest absolute Gasteiger partial charge is 0.265 e. The van der Waals surface area contributed by atoms with Crippen LogP contribution in [-0.2, 0) is 29.1 Å². The number of guanidine groups is 1. The van der Waals surface area contributed by atoms with Gasteiger partial charge in [0.1, 0.15) is 18.2 Å². The van der Waals surface area contributed by atoms with Crippen molar-refractivity contribution in [2.75, 3.05) is 38.3 Å². The van der Waals surface area contributed by atoms with E-state index in [1.54, 1.807) is 12.0 Å². The van der Waals surface area contributed by atoms with Crippen molar-refractivity contribution in [1.29, 1.82) is 0 Å². The van der Waals surface area contributed by atoms with Gasteiger partial charge in [0.05, 0.1) is 12.2 Å². The van der Waals surface area contributed by atoms with E-state index in [4.69, 9.17) is 14.5 Å². The third kappa shape index (κ3) is 5.18. The highest BCUT2D eigenvalue weighted by atomic mass is 16.5. The van der Waals surface area contributed by atoms with Crippen molar-refractivity contribution in [3.05, 3.63) is 35.9 Å². The van der Waals surface area contributed by atoms with Gasteiger partial charge in [-0.15, -0.1) is 0 Å². The van der Waals surface area contributed by atoms with Gasteiger partial charge in [-0.2, -0.15) is 5.10 Å². The van der Waals surface area contributed by atoms with E-state index in [1.165, 1.54) is 0 Å². The highest BCUT2D eigenvalue weighted by molar-refractivity contribution is 5.97. The third-order valence-corrected chi connectivity index (χ3v) is 5.48. The first-order chi connectivity index (χ1) is 15.7. The van der Waals surface area contributed by atoms with Crippen LogP contribution in [0.3, 0.4) is 0 Å². The molecule has 10 heteroatoms. The number of aryl methyl sites for hydroxylation is 1. The maximum Gasteiger partial charge on any atom is 0.265 e. The summed E-state index contributed by atoms with van der Waals surface area (Å²) in [6.07, 6.45) is 2.59. The summed E-state index contributed by atoms with van der Waals surface area (Å²) in [6.45, 7) is 5.31. The van der Waals surface area contributed by atoms with E-state index in [1.807, 2.05) is 35.9 Å². The average molecular weight is 442 g/mol. The molecule has 2 aliphatic rings. The Labute approximate surface area is 188 Å². The van der Waals surface area contributed by atoms with Gasteiger partial charge >= 0.3 is 0 Å². The molecule has 1 atom stereocenters. The van der Waals surface area contributed by atoms with Gasteiger partial charge in [-0.25, -0.2) is 9.67 Å². The standard InChI is InChI=1S/C22H31N7O3/c1-3-23-22(25-16-9-10-20-26-19(14-31-2)27-29(20)13-16)24-11-6-12-28-17-7-4-5-8-18(17)32-15-21(28)30/h4-5,7-8,16H,3,6,9-15H2,1-2H3,(H2,23,24,25). The Kier molecular flexibility index (Phi) is 7.21. The molecule has 1 unspecified atom stereocenters. The Morgan fingerprint density at radius 1 is 1.38 bits per heavy atom. The molecule has 0 fully saturated rings. The van der Waals surface area contributed by atoms with Crippen molar-refractivity contribution < 1.29 is 14.3 Å². The summed E-state index contributed by atoms with van der Waals surface area (Å²) in [6, 6.07) is 7.87. The molecule has 0 radical (unpaired) electrons. The molecule has 0 spiro atoms. The van der Waals surface area contributed by atoms with Crippen LogP contribution < -0.4 is 20.3 Å². The number of hydrogen-bond acceptors (Lipinski definition) is 6. The Morgan fingerprint density at radius 3 is 3.09 bits per heavy atom. The summed E-state index contributed by atoms with van der Waals surface area (Å²) in [4.78, 5) is 23.4. The summed E-state index contributed by atoms with van der Waals surface area (Å²) in [5, 5.41) is 11.4. The molecule has 2 N–H and O–H groups in total. The lowest BCUT2D eigenvalue weighted by molar-refractivity contribution is -0.121. The molecule has 1 amide bonds. The predicted octanol–water partition coefficient (Wildman–Crippen LogP) is 1.11. The van der Waals surface area contributed by atoms with E-state index in [0.29, 0.717) is 19.7 Å². The normalized spacial score (nSPS) is 18.1. The Hall–Kier alpha value is -3.14. The van der Waals surface area contributed by atoms with E-state index in [0.717, 1.165) is 61.4 Å². The van der Waals surface area contributed by atoms with Gasteiger partial charge in [-0.1, -0.05) is 12.1 Å². The minimum Gasteiger partial charge on any atom is -0.482 e. The number of hydrogen-bond donors (Lipinski definition) is 2. The second-order valence-corrected chi connectivity index (χ2v) is 7.86. The molecule has 1 aromatic carbocycles. The zero-order valence-corrected chi connectivity index (χ0v) is 18.7. The third-order valence-electron chi connectivity index (χ3n) is 5.48. The summed E-state index contributed by atoms with van der Waals surface area (Å²) in [5.74, 6) is 3.25. The van der Waals surface area contributed by atoms with Gasteiger partial charge in [0.2, 0.25) is 0 Å². The monoisotopic (exact) mass is 441 g/mol. The maximum absolute atomic E-state index is 12.3. The number of carbonyl (C=O) groups is 1. The molecular weight excluding hydrogens is 410 g/mol. The largest absolute Gasteiger partial charge is 0.482 e. The first-order valence-electron chi connectivity index (χ1n) is 11.2. The first kappa shape index (κ1) is 22.1. The summed E-state index contributed by atoms with van der Waals surface area (Å²) >= 11 is 0. The van der Waals surface area contributed by atoms with Gasteiger partial charge < -0.3 is 25.0 Å². The Balaban J connectivity index is 1.31. The number of nitrogens with one attached hydrogen (secondary N) is 2. The van der Waals surface area contributed by atoms with Crippen molar-refractivity contribution in [2.24, 2.45) is 4.99 Å². The number of carbonyl (C=O) groups excluding carboxylic acids is 1. The second kappa shape index (κ2) is 10.4. The van der Waals surface area contributed by atoms with Crippen molar-refractivity contribution in [2.45, 2.75) is 45.4 Å². The Morgan fingerprint density at radius 2 is 2.25 bits per heavy atom. The second-order valence-electron chi connectivity index (χ2n) is 7.86. The maximum atomic E-state index is 12.3. The fourth-order valence-electron chi connectivity index (χ4n) is 4.00. The lowest BCUT2D eigenvalue weighted by Gasteiger charge is -2.29. The molecule has 0 bridgehead atoms. The number of amides is 1. The van der Waals surface area contributed by atoms with E-state index >= 15 is 0 Å². The van der Waals surface area contributed by atoms with Crippen LogP contribution in [0.15, 0.2) is 29.3 Å². The number of nitrogens with zero attached hydrogens (tertiary/aromatic N) is 5. The SMILES string of the molecule is CCNC(=NCCCN1C(=O)COc2ccccc21)NC1CCc2nc(COC)nn2C1. The predicted molar refractivity (Wildman–Crippen MR) is 121 cm³/mol. The summed E-state index contributed by atoms with van der Waals surface area (Å²) in [5.41, 5.74) is 0.830. The van der Waals surface area contributed by atoms with Crippen LogP contribution in [-0.4, -0.2) is 66.0 Å². The topological polar surface area (TPSA) is 106 Å². The number of anilines is 1. The number of fused-ring (bicyclic) bond motifs is 2. The lowest BCUT2D eigenvalue weighted by atomic mass is 10.1. The van der Waals surface area contributed by atoms with Crippen LogP contribution in [0.25, 0.3) is 0 Å². The first-order valence-corrected chi connectivity index (χ1v) is 11.2. The number of benzene rings is 1. The van der Waals surface area contributed by atoms with Gasteiger partial charge in [-0.3, -0.25) is 9.79 Å². The van der Waals surface area contributed by atoms with E-state index in [2.05, 4.69) is 20.7 Å². The van der Waals surface area contributed by atoms with Crippen molar-refractivity contribution in [1.82, 2.24) is 25.4 Å². The molecule has 1 aromatic heterocycles. The quantitative estimate of drug-likeness (QED) is 0.359. The van der Waals surface area contributed by atoms with Gasteiger partial charge in [0, 0.05) is 39.2 Å². The van der Waals surface area contributed by atoms with Gasteiger partial charge in [0.25, 0.3) is 5.91 Å². The molecule has 172 valence electrons. The lowest BCUT2D eigenvalue weighted by Crippen LogP contribution is -2.47. The van der Waals surface area contributed by atoms with Crippen LogP contribution in [0.2, 0.25) is 0 Å². The number of para-hydroxylation sites is 2. The fourth-order valence-corrected chi connectivity index (χ4v) is 4.00. The van der Waals surface area contributed by atoms with Crippen molar-refractivity contribution in [3.8, 4) is 5.75 Å². The molecule has 0 aliphatic carbocycles. The molecule has 4 rings (SSSR count). The molecule has 10 nitrogen and oxygen atoms in total. The van der Waals surface area contributed by atoms with Crippen LogP contribution in [0.5, 0.6) is 5.75 Å². The molecule has 32 heavy (non-hydrogen) atoms. The molecule has 2 aromatic rings. The van der Waals surface area contributed by atoms with Crippen LogP contribution in [0.4, 0.5) is 5.69 Å². The zero-order valence-electron chi connectivity index (χ0n) is 18.7. The van der Waals surface area contributed by atoms with Crippen molar-refractivity contribution in [3.63, 3.8) is 0 Å². The average Bonchev–Trinajstić information content (AvgIpc) is 3.20. The van der Waals surface area contributed by atoms with Crippen LogP contribution in [0.1, 0.15) is 31.4 Å². The molecule has 0 saturated carbocycles. The Bertz CT molecular complexity index is 959. The van der Waals surface area contributed by atoms with Crippen molar-refractivity contribution >= 4 is 17.6 Å². The number of methoxy groups -OCH3 is 1. The highest BCUT2D eigenvalue weighted by Gasteiger charge is 2.25. The minimum atomic E-state index is -0.0172. The van der Waals surface area contributed by atoms with E-state index < -0.39 is 0 Å². The molecule has 0 saturated heterocycles. The number of rotatable bonds is 8. The zero-order chi connectivity index (χ0) is 22.3. The number of aliphatic imine (C=N–C) groups is 1. The number of ether oxygens (including phenoxy) is 2. The molecule has 2 aliphatic heterocycles. The fraction of sp³-hybridized carbons (Fsp3) is 0.545. The van der Waals surface area contributed by atoms with Crippen LogP contribution >= 0.6 is 0 Å². The van der Waals surface area contributed by atoms with E-state index in [-0.39, 0.29) is 18.6 Å². The molecular formula is C22H31N7O3. The summed E-state index contributed by atoms with van der Waals surface area (Å²) in [7, 11) is 1.65. The van der Waals surface area contributed by atoms with Gasteiger partial charge in [0.15, 0.2) is 18.4 Å². The van der Waals surface area contributed by atoms with E-state index in [9.17, 15) is 4.79 Å². The summed E-state index contributed by atoms with van der Waals surface area (Å²) < 4.78 is 12.6. The van der Waals surface area contributed by atoms with Gasteiger partial charge in [-0.05, 0) is 31.9 Å². The highest BCUT2D eigenvalue weighted by Crippen LogP contribution is 2.31. The van der Waals surface area contributed by atoms with Crippen LogP contribution in [0, 0.1) is 0 Å². The molecule has 3 heterocycles.